The van der Waals surface area contributed by atoms with E-state index in [1.807, 2.05) is 32.0 Å². The lowest BCUT2D eigenvalue weighted by Crippen LogP contribution is -2.41. The van der Waals surface area contributed by atoms with Gasteiger partial charge < -0.3 is 15.0 Å². The Hall–Kier alpha value is -2.04. The van der Waals surface area contributed by atoms with Crippen molar-refractivity contribution in [1.82, 2.24) is 10.2 Å². The van der Waals surface area contributed by atoms with Gasteiger partial charge in [-0.05, 0) is 32.8 Å². The average molecular weight is 318 g/mol. The SMILES string of the molecule is COc1ccc(C)cc1C(C)NC(=O)CN1CCCCCC1=O. The van der Waals surface area contributed by atoms with Crippen molar-refractivity contribution >= 4 is 11.8 Å². The van der Waals surface area contributed by atoms with Gasteiger partial charge in [-0.2, -0.15) is 0 Å². The lowest BCUT2D eigenvalue weighted by Gasteiger charge is -2.22. The van der Waals surface area contributed by atoms with Crippen molar-refractivity contribution in [1.29, 1.82) is 0 Å². The zero-order chi connectivity index (χ0) is 16.8. The van der Waals surface area contributed by atoms with Crippen LogP contribution in [0.2, 0.25) is 0 Å². The molecule has 126 valence electrons. The van der Waals surface area contributed by atoms with Gasteiger partial charge in [-0.3, -0.25) is 9.59 Å². The number of hydrogen-bond acceptors (Lipinski definition) is 3. The van der Waals surface area contributed by atoms with Crippen LogP contribution in [-0.4, -0.2) is 36.9 Å². The molecule has 1 heterocycles. The van der Waals surface area contributed by atoms with Gasteiger partial charge in [0.2, 0.25) is 11.8 Å². The largest absolute Gasteiger partial charge is 0.496 e. The fraction of sp³-hybridized carbons (Fsp3) is 0.556. The number of methoxy groups -OCH3 is 1. The molecule has 0 radical (unpaired) electrons. The minimum atomic E-state index is -0.167. The molecule has 1 N–H and O–H groups in total. The van der Waals surface area contributed by atoms with Crippen molar-refractivity contribution in [3.05, 3.63) is 29.3 Å². The summed E-state index contributed by atoms with van der Waals surface area (Å²) in [6.45, 7) is 4.75. The zero-order valence-electron chi connectivity index (χ0n) is 14.2. The number of carbonyl (C=O) groups excluding carboxylic acids is 2. The van der Waals surface area contributed by atoms with Gasteiger partial charge in [-0.1, -0.05) is 24.1 Å². The molecule has 1 aliphatic rings. The topological polar surface area (TPSA) is 58.6 Å². The molecule has 1 aromatic carbocycles. The van der Waals surface area contributed by atoms with Crippen LogP contribution < -0.4 is 10.1 Å². The normalized spacial score (nSPS) is 16.7. The third kappa shape index (κ3) is 4.71. The maximum atomic E-state index is 12.3. The molecule has 1 aliphatic heterocycles. The second-order valence-corrected chi connectivity index (χ2v) is 6.16. The molecule has 0 aliphatic carbocycles. The Labute approximate surface area is 138 Å². The Bertz CT molecular complexity index is 571. The molecule has 1 aromatic rings. The Balaban J connectivity index is 1.99. The highest BCUT2D eigenvalue weighted by Gasteiger charge is 2.21. The molecule has 5 heteroatoms. The molecule has 2 amide bonds. The van der Waals surface area contributed by atoms with Crippen molar-refractivity contribution in [3.8, 4) is 5.75 Å². The second kappa shape index (κ2) is 7.99. The Kier molecular flexibility index (Phi) is 6.02. The summed E-state index contributed by atoms with van der Waals surface area (Å²) in [4.78, 5) is 25.9. The molecule has 1 atom stereocenters. The van der Waals surface area contributed by atoms with Crippen LogP contribution in [0.4, 0.5) is 0 Å². The summed E-state index contributed by atoms with van der Waals surface area (Å²) in [7, 11) is 1.62. The highest BCUT2D eigenvalue weighted by molar-refractivity contribution is 5.85. The van der Waals surface area contributed by atoms with Gasteiger partial charge in [0.25, 0.3) is 0 Å². The summed E-state index contributed by atoms with van der Waals surface area (Å²) >= 11 is 0. The number of benzene rings is 1. The molecule has 1 unspecified atom stereocenters. The number of amides is 2. The van der Waals surface area contributed by atoms with Crippen LogP contribution in [0.25, 0.3) is 0 Å². The van der Waals surface area contributed by atoms with E-state index in [1.54, 1.807) is 12.0 Å². The van der Waals surface area contributed by atoms with Gasteiger partial charge in [0.1, 0.15) is 5.75 Å². The molecule has 0 saturated carbocycles. The van der Waals surface area contributed by atoms with Crippen LogP contribution in [0, 0.1) is 6.92 Å². The van der Waals surface area contributed by atoms with E-state index < -0.39 is 0 Å². The van der Waals surface area contributed by atoms with E-state index in [4.69, 9.17) is 4.74 Å². The monoisotopic (exact) mass is 318 g/mol. The van der Waals surface area contributed by atoms with E-state index in [9.17, 15) is 9.59 Å². The third-order valence-electron chi connectivity index (χ3n) is 4.24. The van der Waals surface area contributed by atoms with Gasteiger partial charge in [0, 0.05) is 18.5 Å². The number of rotatable bonds is 5. The van der Waals surface area contributed by atoms with E-state index >= 15 is 0 Å². The Morgan fingerprint density at radius 1 is 1.35 bits per heavy atom. The molecule has 1 saturated heterocycles. The minimum Gasteiger partial charge on any atom is -0.496 e. The molecule has 1 fully saturated rings. The van der Waals surface area contributed by atoms with Crippen LogP contribution in [0.15, 0.2) is 18.2 Å². The molecule has 2 rings (SSSR count). The van der Waals surface area contributed by atoms with E-state index in [-0.39, 0.29) is 24.4 Å². The number of nitrogens with one attached hydrogen (secondary N) is 1. The number of hydrogen-bond donors (Lipinski definition) is 1. The Morgan fingerprint density at radius 3 is 2.87 bits per heavy atom. The highest BCUT2D eigenvalue weighted by atomic mass is 16.5. The predicted octanol–water partition coefficient (Wildman–Crippen LogP) is 2.58. The minimum absolute atomic E-state index is 0.0819. The number of ether oxygens (including phenoxy) is 1. The number of likely N-dealkylation sites (tertiary alicyclic amines) is 1. The van der Waals surface area contributed by atoms with E-state index in [0.717, 1.165) is 36.1 Å². The first-order valence-corrected chi connectivity index (χ1v) is 8.23. The van der Waals surface area contributed by atoms with Crippen molar-refractivity contribution in [2.45, 2.75) is 45.6 Å². The maximum absolute atomic E-state index is 12.3. The summed E-state index contributed by atoms with van der Waals surface area (Å²) in [6.07, 6.45) is 3.50. The molecular weight excluding hydrogens is 292 g/mol. The van der Waals surface area contributed by atoms with Gasteiger partial charge in [0.15, 0.2) is 0 Å². The number of carbonyl (C=O) groups is 2. The maximum Gasteiger partial charge on any atom is 0.240 e. The van der Waals surface area contributed by atoms with Crippen LogP contribution in [0.3, 0.4) is 0 Å². The standard InChI is InChI=1S/C18H26N2O3/c1-13-8-9-16(23-3)15(11-13)14(2)19-17(21)12-20-10-6-4-5-7-18(20)22/h8-9,11,14H,4-7,10,12H2,1-3H3,(H,19,21). The summed E-state index contributed by atoms with van der Waals surface area (Å²) < 4.78 is 5.37. The highest BCUT2D eigenvalue weighted by Crippen LogP contribution is 2.26. The molecule has 5 nitrogen and oxygen atoms in total. The molecule has 0 aromatic heterocycles. The smallest absolute Gasteiger partial charge is 0.240 e. The average Bonchev–Trinajstić information content (AvgIpc) is 2.72. The summed E-state index contributed by atoms with van der Waals surface area (Å²) in [6, 6.07) is 5.73. The molecule has 23 heavy (non-hydrogen) atoms. The van der Waals surface area contributed by atoms with E-state index in [0.29, 0.717) is 13.0 Å². The third-order valence-corrected chi connectivity index (χ3v) is 4.24. The Morgan fingerprint density at radius 2 is 2.13 bits per heavy atom. The lowest BCUT2D eigenvalue weighted by molar-refractivity contribution is -0.135. The van der Waals surface area contributed by atoms with Crippen molar-refractivity contribution < 1.29 is 14.3 Å². The molecular formula is C18H26N2O3. The van der Waals surface area contributed by atoms with Crippen molar-refractivity contribution in [2.75, 3.05) is 20.2 Å². The quantitative estimate of drug-likeness (QED) is 0.908. The lowest BCUT2D eigenvalue weighted by atomic mass is 10.0. The van der Waals surface area contributed by atoms with Crippen LogP contribution in [0.1, 0.15) is 49.8 Å². The zero-order valence-corrected chi connectivity index (χ0v) is 14.2. The first kappa shape index (κ1) is 17.3. The fourth-order valence-corrected chi connectivity index (χ4v) is 2.94. The second-order valence-electron chi connectivity index (χ2n) is 6.16. The van der Waals surface area contributed by atoms with Crippen molar-refractivity contribution in [2.24, 2.45) is 0 Å². The predicted molar refractivity (Wildman–Crippen MR) is 89.3 cm³/mol. The number of aryl methyl sites for hydroxylation is 1. The van der Waals surface area contributed by atoms with Gasteiger partial charge in [-0.25, -0.2) is 0 Å². The van der Waals surface area contributed by atoms with Crippen LogP contribution in [0.5, 0.6) is 5.75 Å². The molecule has 0 spiro atoms. The first-order chi connectivity index (χ1) is 11.0. The van der Waals surface area contributed by atoms with Gasteiger partial charge in [0.05, 0.1) is 19.7 Å². The fourth-order valence-electron chi connectivity index (χ4n) is 2.94. The van der Waals surface area contributed by atoms with E-state index in [2.05, 4.69) is 5.32 Å². The summed E-state index contributed by atoms with van der Waals surface area (Å²) in [5.41, 5.74) is 2.06. The van der Waals surface area contributed by atoms with E-state index in [1.165, 1.54) is 0 Å². The first-order valence-electron chi connectivity index (χ1n) is 8.23. The summed E-state index contributed by atoms with van der Waals surface area (Å²) in [5, 5.41) is 2.97. The van der Waals surface area contributed by atoms with Crippen LogP contribution in [-0.2, 0) is 9.59 Å². The van der Waals surface area contributed by atoms with Crippen molar-refractivity contribution in [3.63, 3.8) is 0 Å². The summed E-state index contributed by atoms with van der Waals surface area (Å²) in [5.74, 6) is 0.712. The molecule has 0 bridgehead atoms. The number of nitrogens with zero attached hydrogens (tertiary/aromatic N) is 1. The van der Waals surface area contributed by atoms with Gasteiger partial charge in [-0.15, -0.1) is 0 Å². The van der Waals surface area contributed by atoms with Crippen LogP contribution >= 0.6 is 0 Å². The van der Waals surface area contributed by atoms with Gasteiger partial charge >= 0.3 is 0 Å².